The van der Waals surface area contributed by atoms with Gasteiger partial charge in [-0.1, -0.05) is 203 Å². The predicted octanol–water partition coefficient (Wildman–Crippen LogP) is 11.2. The molecule has 11 unspecified atom stereocenters. The Kier molecular flexibility index (Phi) is 44.6. The van der Waals surface area contributed by atoms with Crippen molar-refractivity contribution < 1.29 is 69.0 Å². The average Bonchev–Trinajstić information content (AvgIpc) is 3.42. The lowest BCUT2D eigenvalue weighted by atomic mass is 9.98. The van der Waals surface area contributed by atoms with Gasteiger partial charge < -0.3 is 64.2 Å². The van der Waals surface area contributed by atoms with Gasteiger partial charge in [-0.25, -0.2) is 0 Å². The number of hydrogen-bond acceptors (Lipinski definition) is 14. The Morgan fingerprint density at radius 1 is 0.447 bits per heavy atom. The zero-order valence-electron chi connectivity index (χ0n) is 47.5. The van der Waals surface area contributed by atoms with Crippen LogP contribution in [-0.2, 0) is 33.2 Å². The van der Waals surface area contributed by atoms with Crippen LogP contribution in [0.2, 0.25) is 0 Å². The fourth-order valence-electron chi connectivity index (χ4n) is 9.39. The lowest BCUT2D eigenvalue weighted by Crippen LogP contribution is -2.61. The molecule has 0 spiro atoms. The van der Waals surface area contributed by atoms with Gasteiger partial charge in [0.2, 0.25) is 0 Å². The van der Waals surface area contributed by atoms with Crippen LogP contribution in [0.25, 0.3) is 0 Å². The third kappa shape index (κ3) is 34.6. The second-order valence-corrected chi connectivity index (χ2v) is 21.1. The van der Waals surface area contributed by atoms with Crippen LogP contribution < -0.4 is 0 Å². The molecule has 0 bridgehead atoms. The second-order valence-electron chi connectivity index (χ2n) is 21.1. The number of rotatable bonds is 49. The molecule has 14 heteroatoms. The monoisotopic (exact) mass is 1080 g/mol. The lowest BCUT2D eigenvalue weighted by Gasteiger charge is -2.42. The first-order chi connectivity index (χ1) is 37.1. The van der Waals surface area contributed by atoms with Crippen LogP contribution in [0.4, 0.5) is 0 Å². The first-order valence-corrected chi connectivity index (χ1v) is 30.4. The van der Waals surface area contributed by atoms with Gasteiger partial charge in [0.1, 0.15) is 54.9 Å². The summed E-state index contributed by atoms with van der Waals surface area (Å²) in [7, 11) is 0. The quantitative estimate of drug-likeness (QED) is 0.0172. The van der Waals surface area contributed by atoms with Crippen LogP contribution in [-0.4, -0.2) is 142 Å². The zero-order chi connectivity index (χ0) is 55.1. The van der Waals surface area contributed by atoms with E-state index in [9.17, 15) is 40.5 Å². The standard InChI is InChI=1S/C62H110O14/c1-3-5-7-9-11-13-15-17-19-21-22-23-24-25-26-27-28-29-30-32-34-36-38-40-42-44-46-71-48-51(74-54(64)45-43-41-39-37-35-33-31-20-18-16-14-12-10-8-6-4-2)49-72-61-60(70)58(68)56(66)53(76-61)50-73-62-59(69)57(67)55(65)52(47-63)75-62/h5,7,11,13,17,19-20,22-23,31,51-53,55-63,65-70H,3-4,6,8-10,12,14-16,18,21,24-30,32-50H2,1-2H3/b7-5-,13-11-,19-17-,23-22-,31-20-. The van der Waals surface area contributed by atoms with Gasteiger partial charge in [-0.2, -0.15) is 0 Å². The number of unbranched alkanes of at least 4 members (excludes halogenated alkanes) is 25. The van der Waals surface area contributed by atoms with Crippen molar-refractivity contribution in [3.05, 3.63) is 60.8 Å². The molecule has 76 heavy (non-hydrogen) atoms. The molecule has 11 atom stereocenters. The van der Waals surface area contributed by atoms with Crippen LogP contribution in [0.5, 0.6) is 0 Å². The van der Waals surface area contributed by atoms with E-state index in [0.717, 1.165) is 83.5 Å². The summed E-state index contributed by atoms with van der Waals surface area (Å²) in [6.07, 6.45) is 44.3. The highest BCUT2D eigenvalue weighted by molar-refractivity contribution is 5.69. The van der Waals surface area contributed by atoms with Gasteiger partial charge in [0, 0.05) is 13.0 Å². The number of allylic oxidation sites excluding steroid dienone is 10. The van der Waals surface area contributed by atoms with E-state index >= 15 is 0 Å². The molecular formula is C62H110O14. The summed E-state index contributed by atoms with van der Waals surface area (Å²) >= 11 is 0. The van der Waals surface area contributed by atoms with Gasteiger partial charge >= 0.3 is 5.97 Å². The first kappa shape index (κ1) is 69.8. The number of aliphatic hydroxyl groups excluding tert-OH is 7. The van der Waals surface area contributed by atoms with Crippen LogP contribution in [0.1, 0.15) is 226 Å². The molecule has 2 aliphatic rings. The molecule has 0 aromatic rings. The zero-order valence-corrected chi connectivity index (χ0v) is 47.5. The number of aliphatic hydroxyl groups is 7. The van der Waals surface area contributed by atoms with Gasteiger partial charge in [-0.3, -0.25) is 4.79 Å². The molecule has 442 valence electrons. The molecular weight excluding hydrogens is 969 g/mol. The summed E-state index contributed by atoms with van der Waals surface area (Å²) in [5.74, 6) is -0.384. The van der Waals surface area contributed by atoms with Crippen molar-refractivity contribution in [2.24, 2.45) is 0 Å². The van der Waals surface area contributed by atoms with Gasteiger partial charge in [0.15, 0.2) is 12.6 Å². The maximum absolute atomic E-state index is 13.1. The first-order valence-electron chi connectivity index (χ1n) is 30.4. The molecule has 0 aromatic heterocycles. The van der Waals surface area contributed by atoms with E-state index in [2.05, 4.69) is 74.6 Å². The van der Waals surface area contributed by atoms with Crippen molar-refractivity contribution in [1.29, 1.82) is 0 Å². The van der Waals surface area contributed by atoms with E-state index in [-0.39, 0.29) is 25.6 Å². The van der Waals surface area contributed by atoms with Gasteiger partial charge in [0.05, 0.1) is 26.4 Å². The van der Waals surface area contributed by atoms with Crippen LogP contribution in [0.3, 0.4) is 0 Å². The maximum Gasteiger partial charge on any atom is 0.306 e. The molecule has 2 saturated heterocycles. The molecule has 2 rings (SSSR count). The highest BCUT2D eigenvalue weighted by Gasteiger charge is 2.47. The van der Waals surface area contributed by atoms with E-state index in [1.807, 2.05) is 0 Å². The van der Waals surface area contributed by atoms with Gasteiger partial charge in [0.25, 0.3) is 0 Å². The van der Waals surface area contributed by atoms with E-state index in [0.29, 0.717) is 13.0 Å². The fourth-order valence-corrected chi connectivity index (χ4v) is 9.39. The normalized spacial score (nSPS) is 24.9. The lowest BCUT2D eigenvalue weighted by molar-refractivity contribution is -0.332. The van der Waals surface area contributed by atoms with Crippen LogP contribution in [0.15, 0.2) is 60.8 Å². The minimum absolute atomic E-state index is 0.0567. The summed E-state index contributed by atoms with van der Waals surface area (Å²) in [5.41, 5.74) is 0. The van der Waals surface area contributed by atoms with Crippen molar-refractivity contribution >= 4 is 5.97 Å². The predicted molar refractivity (Wildman–Crippen MR) is 302 cm³/mol. The Balaban J connectivity index is 1.68. The number of esters is 1. The summed E-state index contributed by atoms with van der Waals surface area (Å²) in [4.78, 5) is 13.1. The number of carbonyl (C=O) groups is 1. The maximum atomic E-state index is 13.1. The third-order valence-electron chi connectivity index (χ3n) is 14.3. The number of carbonyl (C=O) groups excluding carboxylic acids is 1. The highest BCUT2D eigenvalue weighted by atomic mass is 16.7. The van der Waals surface area contributed by atoms with Gasteiger partial charge in [-0.15, -0.1) is 0 Å². The average molecular weight is 1080 g/mol. The molecule has 0 saturated carbocycles. The third-order valence-corrected chi connectivity index (χ3v) is 14.3. The van der Waals surface area contributed by atoms with Crippen molar-refractivity contribution in [2.45, 2.75) is 293 Å². The molecule has 0 radical (unpaired) electrons. The fraction of sp³-hybridized carbons (Fsp3) is 0.823. The smallest absolute Gasteiger partial charge is 0.306 e. The van der Waals surface area contributed by atoms with Crippen molar-refractivity contribution in [3.63, 3.8) is 0 Å². The molecule has 0 aliphatic carbocycles. The van der Waals surface area contributed by atoms with E-state index in [1.165, 1.54) is 116 Å². The van der Waals surface area contributed by atoms with Crippen molar-refractivity contribution in [1.82, 2.24) is 0 Å². The van der Waals surface area contributed by atoms with Crippen molar-refractivity contribution in [2.75, 3.05) is 33.0 Å². The van der Waals surface area contributed by atoms with E-state index < -0.39 is 80.7 Å². The number of ether oxygens (including phenoxy) is 6. The minimum atomic E-state index is -1.71. The molecule has 0 amide bonds. The topological polar surface area (TPSA) is 214 Å². The van der Waals surface area contributed by atoms with Gasteiger partial charge in [-0.05, 0) is 77.0 Å². The molecule has 14 nitrogen and oxygen atoms in total. The molecule has 2 fully saturated rings. The van der Waals surface area contributed by atoms with Crippen LogP contribution >= 0.6 is 0 Å². The molecule has 2 aliphatic heterocycles. The minimum Gasteiger partial charge on any atom is -0.457 e. The summed E-state index contributed by atoms with van der Waals surface area (Å²) in [6.45, 7) is 3.58. The Hall–Kier alpha value is -2.31. The summed E-state index contributed by atoms with van der Waals surface area (Å²) in [6, 6.07) is 0. The molecule has 7 N–H and O–H groups in total. The Morgan fingerprint density at radius 2 is 0.855 bits per heavy atom. The summed E-state index contributed by atoms with van der Waals surface area (Å²) < 4.78 is 34.4. The Morgan fingerprint density at radius 3 is 1.36 bits per heavy atom. The Bertz CT molecular complexity index is 1490. The van der Waals surface area contributed by atoms with Crippen molar-refractivity contribution in [3.8, 4) is 0 Å². The summed E-state index contributed by atoms with van der Waals surface area (Å²) in [5, 5.41) is 72.4. The SMILES string of the molecule is CC/C=C\C/C=C\C/C=C\C/C=C\CCCCCCCCCCCCCCCOCC(COC1OC(COC2OC(CO)C(O)C(O)C2O)C(O)C(O)C1O)OC(=O)CCCCCCC/C=C\CCCCCCCCC. The highest BCUT2D eigenvalue weighted by Crippen LogP contribution is 2.27. The van der Waals surface area contributed by atoms with E-state index in [1.54, 1.807) is 0 Å². The molecule has 0 aromatic carbocycles. The molecule has 2 heterocycles. The Labute approximate surface area is 460 Å². The van der Waals surface area contributed by atoms with Crippen LogP contribution in [0, 0.1) is 0 Å². The number of hydrogen-bond donors (Lipinski definition) is 7. The second kappa shape index (κ2) is 48.6. The van der Waals surface area contributed by atoms with E-state index in [4.69, 9.17) is 28.4 Å². The largest absolute Gasteiger partial charge is 0.457 e.